The average molecular weight is 210 g/mol. The second kappa shape index (κ2) is 4.21. The summed E-state index contributed by atoms with van der Waals surface area (Å²) in [5.41, 5.74) is 0. The van der Waals surface area contributed by atoms with Crippen LogP contribution in [0.25, 0.3) is 0 Å². The van der Waals surface area contributed by atoms with Crippen LogP contribution >= 0.6 is 0 Å². The zero-order valence-corrected chi connectivity index (χ0v) is 9.16. The van der Waals surface area contributed by atoms with E-state index >= 15 is 0 Å². The summed E-state index contributed by atoms with van der Waals surface area (Å²) < 4.78 is 0. The third-order valence-corrected chi connectivity index (χ3v) is 3.29. The number of carbonyl (C=O) groups excluding carboxylic acids is 2. The molecule has 2 amide bonds. The summed E-state index contributed by atoms with van der Waals surface area (Å²) in [5, 5.41) is 2.78. The quantitative estimate of drug-likeness (QED) is 0.716. The fourth-order valence-corrected chi connectivity index (χ4v) is 2.08. The third-order valence-electron chi connectivity index (χ3n) is 3.29. The lowest BCUT2D eigenvalue weighted by Gasteiger charge is -2.22. The Kier molecular flexibility index (Phi) is 2.93. The van der Waals surface area contributed by atoms with Crippen molar-refractivity contribution in [1.82, 2.24) is 10.2 Å². The highest BCUT2D eigenvalue weighted by molar-refractivity contribution is 5.86. The van der Waals surface area contributed by atoms with Crippen LogP contribution in [0.5, 0.6) is 0 Å². The molecule has 0 spiro atoms. The molecular weight excluding hydrogens is 192 g/mol. The lowest BCUT2D eigenvalue weighted by atomic mass is 10.0. The molecule has 2 aliphatic rings. The Morgan fingerprint density at radius 1 is 1.53 bits per heavy atom. The van der Waals surface area contributed by atoms with Gasteiger partial charge in [0.15, 0.2) is 0 Å². The molecule has 0 bridgehead atoms. The van der Waals surface area contributed by atoms with Crippen LogP contribution in [0.15, 0.2) is 0 Å². The van der Waals surface area contributed by atoms with E-state index in [2.05, 4.69) is 5.32 Å². The molecule has 1 saturated carbocycles. The number of nitrogens with zero attached hydrogens (tertiary/aromatic N) is 1. The van der Waals surface area contributed by atoms with Crippen molar-refractivity contribution < 1.29 is 9.59 Å². The minimum Gasteiger partial charge on any atom is -0.354 e. The van der Waals surface area contributed by atoms with Gasteiger partial charge in [0.25, 0.3) is 0 Å². The van der Waals surface area contributed by atoms with Gasteiger partial charge in [-0.25, -0.2) is 0 Å². The maximum Gasteiger partial charge on any atom is 0.239 e. The smallest absolute Gasteiger partial charge is 0.239 e. The van der Waals surface area contributed by atoms with Crippen LogP contribution in [0.4, 0.5) is 0 Å². The molecule has 15 heavy (non-hydrogen) atoms. The first-order valence-electron chi connectivity index (χ1n) is 5.74. The Balaban J connectivity index is 1.94. The van der Waals surface area contributed by atoms with E-state index in [9.17, 15) is 9.59 Å². The molecule has 1 N–H and O–H groups in total. The Bertz CT molecular complexity index is 274. The minimum absolute atomic E-state index is 0.0242. The highest BCUT2D eigenvalue weighted by Gasteiger charge is 2.35. The Hall–Kier alpha value is -1.06. The van der Waals surface area contributed by atoms with E-state index < -0.39 is 0 Å². The predicted molar refractivity (Wildman–Crippen MR) is 56.1 cm³/mol. The van der Waals surface area contributed by atoms with Gasteiger partial charge in [0.1, 0.15) is 0 Å². The lowest BCUT2D eigenvalue weighted by Crippen LogP contribution is -2.40. The molecule has 84 valence electrons. The molecule has 4 nitrogen and oxygen atoms in total. The summed E-state index contributed by atoms with van der Waals surface area (Å²) in [6.07, 6.45) is 3.22. The standard InChI is InChI=1S/C11H18N2O2/c1-8(9-3-4-9)11(15)13-6-2-5-12-10(14)7-13/h8-9H,2-7H2,1H3,(H,12,14). The summed E-state index contributed by atoms with van der Waals surface area (Å²) in [4.78, 5) is 25.0. The highest BCUT2D eigenvalue weighted by Crippen LogP contribution is 2.37. The van der Waals surface area contributed by atoms with Crippen LogP contribution in [-0.4, -0.2) is 36.3 Å². The van der Waals surface area contributed by atoms with Crippen molar-refractivity contribution in [3.05, 3.63) is 0 Å². The highest BCUT2D eigenvalue weighted by atomic mass is 16.2. The van der Waals surface area contributed by atoms with Gasteiger partial charge in [0, 0.05) is 19.0 Å². The van der Waals surface area contributed by atoms with E-state index in [4.69, 9.17) is 0 Å². The van der Waals surface area contributed by atoms with Gasteiger partial charge in [0.05, 0.1) is 6.54 Å². The third kappa shape index (κ3) is 2.49. The minimum atomic E-state index is -0.0242. The summed E-state index contributed by atoms with van der Waals surface area (Å²) in [6, 6.07) is 0. The van der Waals surface area contributed by atoms with Gasteiger partial charge in [-0.3, -0.25) is 9.59 Å². The van der Waals surface area contributed by atoms with E-state index in [1.807, 2.05) is 6.92 Å². The van der Waals surface area contributed by atoms with Crippen LogP contribution in [0, 0.1) is 11.8 Å². The lowest BCUT2D eigenvalue weighted by molar-refractivity contribution is -0.138. The first-order valence-corrected chi connectivity index (χ1v) is 5.74. The maximum atomic E-state index is 12.0. The van der Waals surface area contributed by atoms with E-state index in [-0.39, 0.29) is 24.3 Å². The number of hydrogen-bond acceptors (Lipinski definition) is 2. The van der Waals surface area contributed by atoms with Crippen LogP contribution in [0.3, 0.4) is 0 Å². The van der Waals surface area contributed by atoms with Gasteiger partial charge < -0.3 is 10.2 Å². The van der Waals surface area contributed by atoms with Crippen LogP contribution < -0.4 is 5.32 Å². The van der Waals surface area contributed by atoms with Gasteiger partial charge in [-0.15, -0.1) is 0 Å². The molecule has 2 rings (SSSR count). The number of amides is 2. The maximum absolute atomic E-state index is 12.0. The summed E-state index contributed by atoms with van der Waals surface area (Å²) >= 11 is 0. The SMILES string of the molecule is CC(C(=O)N1CCCNC(=O)C1)C1CC1. The summed E-state index contributed by atoms with van der Waals surface area (Å²) in [6.45, 7) is 3.65. The van der Waals surface area contributed by atoms with Gasteiger partial charge in [-0.1, -0.05) is 6.92 Å². The first-order chi connectivity index (χ1) is 7.18. The van der Waals surface area contributed by atoms with E-state index in [1.165, 1.54) is 12.8 Å². The Morgan fingerprint density at radius 3 is 2.93 bits per heavy atom. The summed E-state index contributed by atoms with van der Waals surface area (Å²) in [5.74, 6) is 0.818. The number of nitrogens with one attached hydrogen (secondary N) is 1. The fourth-order valence-electron chi connectivity index (χ4n) is 2.08. The van der Waals surface area contributed by atoms with Crippen molar-refractivity contribution in [3.8, 4) is 0 Å². The first kappa shape index (κ1) is 10.5. The van der Waals surface area contributed by atoms with Crippen molar-refractivity contribution in [1.29, 1.82) is 0 Å². The molecule has 0 radical (unpaired) electrons. The zero-order chi connectivity index (χ0) is 10.8. The van der Waals surface area contributed by atoms with Gasteiger partial charge in [-0.05, 0) is 25.2 Å². The second-order valence-electron chi connectivity index (χ2n) is 4.59. The molecule has 1 heterocycles. The van der Waals surface area contributed by atoms with Gasteiger partial charge >= 0.3 is 0 Å². The molecule has 1 aliphatic heterocycles. The average Bonchev–Trinajstić information content (AvgIpc) is 3.01. The van der Waals surface area contributed by atoms with Crippen molar-refractivity contribution in [3.63, 3.8) is 0 Å². The molecule has 4 heteroatoms. The van der Waals surface area contributed by atoms with Crippen molar-refractivity contribution >= 4 is 11.8 Å². The molecular formula is C11H18N2O2. The van der Waals surface area contributed by atoms with Crippen LogP contribution in [0.1, 0.15) is 26.2 Å². The fraction of sp³-hybridized carbons (Fsp3) is 0.818. The topological polar surface area (TPSA) is 49.4 Å². The predicted octanol–water partition coefficient (Wildman–Crippen LogP) is 0.381. The van der Waals surface area contributed by atoms with Crippen molar-refractivity contribution in [2.24, 2.45) is 11.8 Å². The van der Waals surface area contributed by atoms with Crippen LogP contribution in [0.2, 0.25) is 0 Å². The van der Waals surface area contributed by atoms with E-state index in [1.54, 1.807) is 4.90 Å². The Morgan fingerprint density at radius 2 is 2.27 bits per heavy atom. The molecule has 1 aliphatic carbocycles. The van der Waals surface area contributed by atoms with Crippen molar-refractivity contribution in [2.75, 3.05) is 19.6 Å². The number of carbonyl (C=O) groups is 2. The van der Waals surface area contributed by atoms with E-state index in [0.717, 1.165) is 6.42 Å². The molecule has 0 aromatic rings. The van der Waals surface area contributed by atoms with Gasteiger partial charge in [0.2, 0.25) is 11.8 Å². The molecule has 0 aromatic carbocycles. The molecule has 1 saturated heterocycles. The second-order valence-corrected chi connectivity index (χ2v) is 4.59. The summed E-state index contributed by atoms with van der Waals surface area (Å²) in [7, 11) is 0. The van der Waals surface area contributed by atoms with E-state index in [0.29, 0.717) is 19.0 Å². The number of rotatable bonds is 2. The molecule has 1 unspecified atom stereocenters. The number of hydrogen-bond donors (Lipinski definition) is 1. The normalized spacial score (nSPS) is 24.3. The Labute approximate surface area is 90.0 Å². The van der Waals surface area contributed by atoms with Gasteiger partial charge in [-0.2, -0.15) is 0 Å². The largest absolute Gasteiger partial charge is 0.354 e. The molecule has 0 aromatic heterocycles. The monoisotopic (exact) mass is 210 g/mol. The van der Waals surface area contributed by atoms with Crippen molar-refractivity contribution in [2.45, 2.75) is 26.2 Å². The zero-order valence-electron chi connectivity index (χ0n) is 9.16. The van der Waals surface area contributed by atoms with Crippen LogP contribution in [-0.2, 0) is 9.59 Å². The molecule has 1 atom stereocenters. The molecule has 2 fully saturated rings.